The van der Waals surface area contributed by atoms with Crippen LogP contribution in [0, 0.1) is 0 Å². The molecule has 0 saturated carbocycles. The summed E-state index contributed by atoms with van der Waals surface area (Å²) in [4.78, 5) is 17.1. The van der Waals surface area contributed by atoms with Crippen molar-refractivity contribution in [2.24, 2.45) is 0 Å². The Labute approximate surface area is 176 Å². The van der Waals surface area contributed by atoms with Crippen LogP contribution < -0.4 is 19.1 Å². The van der Waals surface area contributed by atoms with E-state index in [4.69, 9.17) is 14.2 Å². The molecule has 0 radical (unpaired) electrons. The van der Waals surface area contributed by atoms with Crippen LogP contribution >= 0.6 is 11.8 Å². The van der Waals surface area contributed by atoms with Gasteiger partial charge >= 0.3 is 0 Å². The number of rotatable bonds is 8. The smallest absolute Gasteiger partial charge is 0.233 e. The minimum absolute atomic E-state index is 0.205. The standard InChI is InChI=1S/C22H28N2O4S/c1-26-18-5-7-19(8-6-18)29-16-22(25)24-12-10-23(11-13-24)15-17-4-9-20(27-2)21(14-17)28-3/h4-9,14H,10-13,15-16H2,1-3H3/p+1. The van der Waals surface area contributed by atoms with E-state index >= 15 is 0 Å². The van der Waals surface area contributed by atoms with E-state index in [1.807, 2.05) is 41.3 Å². The molecule has 0 unspecified atom stereocenters. The molecular formula is C22H29N2O4S+. The molecule has 1 N–H and O–H groups in total. The number of amides is 1. The van der Waals surface area contributed by atoms with Crippen molar-refractivity contribution >= 4 is 17.7 Å². The highest BCUT2D eigenvalue weighted by Gasteiger charge is 2.24. The number of hydrogen-bond acceptors (Lipinski definition) is 5. The molecule has 3 rings (SSSR count). The predicted molar refractivity (Wildman–Crippen MR) is 114 cm³/mol. The van der Waals surface area contributed by atoms with Gasteiger partial charge in [-0.05, 0) is 42.5 Å². The van der Waals surface area contributed by atoms with Gasteiger partial charge in [-0.1, -0.05) is 0 Å². The van der Waals surface area contributed by atoms with Crippen molar-refractivity contribution in [2.45, 2.75) is 11.4 Å². The van der Waals surface area contributed by atoms with E-state index in [-0.39, 0.29) is 5.91 Å². The van der Waals surface area contributed by atoms with E-state index in [9.17, 15) is 4.79 Å². The minimum Gasteiger partial charge on any atom is -0.497 e. The third-order valence-electron chi connectivity index (χ3n) is 5.15. The molecule has 29 heavy (non-hydrogen) atoms. The van der Waals surface area contributed by atoms with Gasteiger partial charge in [0.15, 0.2) is 11.5 Å². The molecule has 2 aromatic carbocycles. The molecule has 1 aliphatic rings. The van der Waals surface area contributed by atoms with E-state index in [0.29, 0.717) is 5.75 Å². The third kappa shape index (κ3) is 5.81. The summed E-state index contributed by atoms with van der Waals surface area (Å²) in [6.45, 7) is 4.42. The summed E-state index contributed by atoms with van der Waals surface area (Å²) < 4.78 is 15.9. The Morgan fingerprint density at radius 3 is 2.28 bits per heavy atom. The first-order valence-corrected chi connectivity index (χ1v) is 10.7. The first kappa shape index (κ1) is 21.3. The molecule has 6 nitrogen and oxygen atoms in total. The van der Waals surface area contributed by atoms with Crippen LogP contribution in [0.15, 0.2) is 47.4 Å². The Bertz CT molecular complexity index is 805. The maximum Gasteiger partial charge on any atom is 0.233 e. The average Bonchev–Trinajstić information content (AvgIpc) is 2.78. The Morgan fingerprint density at radius 2 is 1.66 bits per heavy atom. The molecule has 0 aliphatic carbocycles. The van der Waals surface area contributed by atoms with Crippen LogP contribution in [0.2, 0.25) is 0 Å². The summed E-state index contributed by atoms with van der Waals surface area (Å²) in [6, 6.07) is 13.9. The van der Waals surface area contributed by atoms with Gasteiger partial charge in [-0.15, -0.1) is 11.8 Å². The number of benzene rings is 2. The average molecular weight is 418 g/mol. The fraction of sp³-hybridized carbons (Fsp3) is 0.409. The molecule has 1 heterocycles. The lowest BCUT2D eigenvalue weighted by Crippen LogP contribution is -3.13. The molecule has 0 spiro atoms. The second-order valence-corrected chi connectivity index (χ2v) is 8.01. The molecule has 156 valence electrons. The van der Waals surface area contributed by atoms with Crippen molar-refractivity contribution < 1.29 is 23.9 Å². The molecule has 1 saturated heterocycles. The van der Waals surface area contributed by atoms with Crippen molar-refractivity contribution in [1.29, 1.82) is 0 Å². The molecule has 1 fully saturated rings. The van der Waals surface area contributed by atoms with Crippen LogP contribution in [0.4, 0.5) is 0 Å². The number of methoxy groups -OCH3 is 3. The normalized spacial score (nSPS) is 14.5. The van der Waals surface area contributed by atoms with Crippen molar-refractivity contribution in [3.05, 3.63) is 48.0 Å². The number of nitrogens with one attached hydrogen (secondary N) is 1. The number of carbonyl (C=O) groups is 1. The quantitative estimate of drug-likeness (QED) is 0.663. The molecule has 7 heteroatoms. The summed E-state index contributed by atoms with van der Waals surface area (Å²) in [5.41, 5.74) is 1.22. The topological polar surface area (TPSA) is 52.4 Å². The summed E-state index contributed by atoms with van der Waals surface area (Å²) in [5.74, 6) is 3.01. The van der Waals surface area contributed by atoms with Crippen molar-refractivity contribution in [1.82, 2.24) is 4.90 Å². The van der Waals surface area contributed by atoms with Crippen LogP contribution in [0.1, 0.15) is 5.56 Å². The first-order chi connectivity index (χ1) is 14.1. The highest BCUT2D eigenvalue weighted by Crippen LogP contribution is 2.27. The van der Waals surface area contributed by atoms with E-state index in [0.717, 1.165) is 54.9 Å². The highest BCUT2D eigenvalue weighted by atomic mass is 32.2. The molecule has 1 amide bonds. The number of hydrogen-bond donors (Lipinski definition) is 1. The number of carbonyl (C=O) groups excluding carboxylic acids is 1. The lowest BCUT2D eigenvalue weighted by atomic mass is 10.1. The van der Waals surface area contributed by atoms with Gasteiger partial charge in [0.2, 0.25) is 5.91 Å². The number of nitrogens with zero attached hydrogens (tertiary/aromatic N) is 1. The monoisotopic (exact) mass is 417 g/mol. The van der Waals surface area contributed by atoms with Gasteiger partial charge in [-0.3, -0.25) is 4.79 Å². The summed E-state index contributed by atoms with van der Waals surface area (Å²) in [6.07, 6.45) is 0. The van der Waals surface area contributed by atoms with Crippen LogP contribution in [0.3, 0.4) is 0 Å². The van der Waals surface area contributed by atoms with Gasteiger partial charge in [0.25, 0.3) is 0 Å². The summed E-state index contributed by atoms with van der Waals surface area (Å²) in [5, 5.41) is 0. The second-order valence-electron chi connectivity index (χ2n) is 6.96. The van der Waals surface area contributed by atoms with Gasteiger partial charge in [0.1, 0.15) is 12.3 Å². The zero-order chi connectivity index (χ0) is 20.6. The third-order valence-corrected chi connectivity index (χ3v) is 6.14. The molecule has 2 aromatic rings. The second kappa shape index (κ2) is 10.4. The Morgan fingerprint density at radius 1 is 0.966 bits per heavy atom. The van der Waals surface area contributed by atoms with Gasteiger partial charge in [0.05, 0.1) is 53.3 Å². The van der Waals surface area contributed by atoms with Crippen molar-refractivity contribution in [2.75, 3.05) is 53.3 Å². The molecule has 0 bridgehead atoms. The lowest BCUT2D eigenvalue weighted by molar-refractivity contribution is -0.917. The molecule has 1 aliphatic heterocycles. The Balaban J connectivity index is 1.45. The first-order valence-electron chi connectivity index (χ1n) is 9.72. The van der Waals surface area contributed by atoms with E-state index < -0.39 is 0 Å². The highest BCUT2D eigenvalue weighted by molar-refractivity contribution is 8.00. The van der Waals surface area contributed by atoms with Crippen LogP contribution in [-0.4, -0.2) is 64.1 Å². The van der Waals surface area contributed by atoms with E-state index in [1.54, 1.807) is 33.1 Å². The van der Waals surface area contributed by atoms with Gasteiger partial charge in [0, 0.05) is 10.5 Å². The number of piperazine rings is 1. The molecular weight excluding hydrogens is 388 g/mol. The van der Waals surface area contributed by atoms with Gasteiger partial charge in [-0.2, -0.15) is 0 Å². The predicted octanol–water partition coefficient (Wildman–Crippen LogP) is 1.73. The zero-order valence-electron chi connectivity index (χ0n) is 17.3. The SMILES string of the molecule is COc1ccc(SCC(=O)N2CC[NH+](Cc3ccc(OC)c(OC)c3)CC2)cc1. The minimum atomic E-state index is 0.205. The summed E-state index contributed by atoms with van der Waals surface area (Å²) >= 11 is 1.57. The van der Waals surface area contributed by atoms with Gasteiger partial charge < -0.3 is 24.0 Å². The Kier molecular flexibility index (Phi) is 7.66. The van der Waals surface area contributed by atoms with Crippen molar-refractivity contribution in [3.63, 3.8) is 0 Å². The maximum absolute atomic E-state index is 12.6. The van der Waals surface area contributed by atoms with E-state index in [1.165, 1.54) is 10.5 Å². The molecule has 0 atom stereocenters. The zero-order valence-corrected chi connectivity index (χ0v) is 18.1. The van der Waals surface area contributed by atoms with Crippen LogP contribution in [0.25, 0.3) is 0 Å². The van der Waals surface area contributed by atoms with Crippen LogP contribution in [0.5, 0.6) is 17.2 Å². The van der Waals surface area contributed by atoms with Crippen molar-refractivity contribution in [3.8, 4) is 17.2 Å². The Hall–Kier alpha value is -2.38. The number of thioether (sulfide) groups is 1. The van der Waals surface area contributed by atoms with Gasteiger partial charge in [-0.25, -0.2) is 0 Å². The molecule has 0 aromatic heterocycles. The number of ether oxygens (including phenoxy) is 3. The summed E-state index contributed by atoms with van der Waals surface area (Å²) in [7, 11) is 4.95. The number of quaternary nitrogens is 1. The fourth-order valence-corrected chi connectivity index (χ4v) is 4.24. The largest absolute Gasteiger partial charge is 0.497 e. The van der Waals surface area contributed by atoms with Crippen LogP contribution in [-0.2, 0) is 11.3 Å². The van der Waals surface area contributed by atoms with E-state index in [2.05, 4.69) is 6.07 Å². The fourth-order valence-electron chi connectivity index (χ4n) is 3.44. The lowest BCUT2D eigenvalue weighted by Gasteiger charge is -2.32. The maximum atomic E-state index is 12.6.